The number of hydrogen-bond acceptors (Lipinski definition) is 4. The second kappa shape index (κ2) is 9.04. The molecule has 1 aromatic rings. The Kier molecular flexibility index (Phi) is 7.33. The molecule has 1 fully saturated rings. The van der Waals surface area contributed by atoms with Crippen LogP contribution in [-0.2, 0) is 35.7 Å². The molecule has 3 aliphatic rings. The zero-order valence-electron chi connectivity index (χ0n) is 17.2. The number of rotatable bonds is 4. The number of carbonyl (C=O) groups is 1. The Bertz CT molecular complexity index is 838. The predicted octanol–water partition coefficient (Wildman–Crippen LogP) is 2.22. The molecule has 2 N–H and O–H groups in total. The van der Waals surface area contributed by atoms with Gasteiger partial charge in [0.15, 0.2) is 0 Å². The fourth-order valence-corrected chi connectivity index (χ4v) is 6.07. The molecule has 1 aromatic carbocycles. The summed E-state index contributed by atoms with van der Waals surface area (Å²) in [6.45, 7) is 5.36. The summed E-state index contributed by atoms with van der Waals surface area (Å²) in [6, 6.07) is 1.99. The van der Waals surface area contributed by atoms with E-state index in [0.717, 1.165) is 50.8 Å². The van der Waals surface area contributed by atoms with Gasteiger partial charge in [0.25, 0.3) is 0 Å². The van der Waals surface area contributed by atoms with Crippen molar-refractivity contribution in [3.63, 3.8) is 0 Å². The van der Waals surface area contributed by atoms with Crippen LogP contribution in [0.15, 0.2) is 6.07 Å². The number of fused-ring (bicyclic) bond motifs is 2. The van der Waals surface area contributed by atoms with Crippen LogP contribution in [-0.4, -0.2) is 95.1 Å². The van der Waals surface area contributed by atoms with Gasteiger partial charge in [0, 0.05) is 69.7 Å². The predicted molar refractivity (Wildman–Crippen MR) is 112 cm³/mol. The second-order valence-corrected chi connectivity index (χ2v) is 10.3. The Morgan fingerprint density at radius 2 is 1.71 bits per heavy atom. The smallest absolute Gasteiger partial charge is 0.307 e. The molecule has 1 saturated heterocycles. The van der Waals surface area contributed by atoms with Crippen molar-refractivity contribution in [3.8, 4) is 0 Å². The van der Waals surface area contributed by atoms with E-state index in [-0.39, 0.29) is 51.4 Å². The van der Waals surface area contributed by atoms with Crippen molar-refractivity contribution in [2.75, 3.05) is 18.4 Å². The molecule has 2 amide bonds. The summed E-state index contributed by atoms with van der Waals surface area (Å²) in [5.74, 6) is 0. The molecule has 1 unspecified atom stereocenters. The number of nitrogens with one attached hydrogen (secondary N) is 2. The number of aryl methyl sites for hydroxylation is 2. The van der Waals surface area contributed by atoms with Gasteiger partial charge in [-0.15, -0.1) is 0 Å². The third kappa shape index (κ3) is 4.53. The first kappa shape index (κ1) is 22.7. The van der Waals surface area contributed by atoms with Crippen molar-refractivity contribution < 1.29 is 13.2 Å². The molecule has 1 atom stereocenters. The molecule has 8 heteroatoms. The van der Waals surface area contributed by atoms with Crippen molar-refractivity contribution in [2.24, 2.45) is 0 Å². The number of urea groups is 1. The fraction of sp³-hybridized carbons (Fsp3) is 0.650. The van der Waals surface area contributed by atoms with Gasteiger partial charge in [-0.3, -0.25) is 4.90 Å². The largest absolute Gasteiger partial charge is 0.332 e. The summed E-state index contributed by atoms with van der Waals surface area (Å²) in [4.78, 5) is 14.7. The van der Waals surface area contributed by atoms with Crippen LogP contribution in [0.5, 0.6) is 0 Å². The average Bonchev–Trinajstić information content (AvgIpc) is 3.34. The summed E-state index contributed by atoms with van der Waals surface area (Å²) < 4.78 is 27.6. The Morgan fingerprint density at radius 1 is 1.11 bits per heavy atom. The molecule has 149 valence electrons. The van der Waals surface area contributed by atoms with Crippen LogP contribution in [0, 0.1) is 0 Å². The number of likely N-dealkylation sites (tertiary alicyclic amines) is 1. The summed E-state index contributed by atoms with van der Waals surface area (Å²) >= 11 is 0. The van der Waals surface area contributed by atoms with Crippen molar-refractivity contribution in [1.29, 1.82) is 0 Å². The van der Waals surface area contributed by atoms with Gasteiger partial charge in [-0.25, -0.2) is 17.9 Å². The average molecular weight is 431 g/mol. The summed E-state index contributed by atoms with van der Waals surface area (Å²) in [5.41, 5.74) is 5.92. The van der Waals surface area contributed by atoms with Crippen molar-refractivity contribution in [2.45, 2.75) is 70.1 Å². The van der Waals surface area contributed by atoms with Crippen LogP contribution in [0.3, 0.4) is 0 Å². The van der Waals surface area contributed by atoms with Crippen LogP contribution < -0.4 is 10.0 Å². The maximum absolute atomic E-state index is 12.7. The number of amides is 2. The molecule has 1 radical (unpaired) electrons. The summed E-state index contributed by atoms with van der Waals surface area (Å²) in [7, 11) is -3.68. The summed E-state index contributed by atoms with van der Waals surface area (Å²) in [6.07, 6.45) is 6.76. The molecule has 0 aromatic heterocycles. The third-order valence-electron chi connectivity index (χ3n) is 6.29. The molecular weight excluding hydrogens is 401 g/mol. The Labute approximate surface area is 210 Å². The first-order valence-corrected chi connectivity index (χ1v) is 11.6. The molecule has 0 saturated carbocycles. The maximum Gasteiger partial charge on any atom is 0.332 e. The molecular formula is C20H29KN3O3S. The van der Waals surface area contributed by atoms with Crippen LogP contribution in [0.4, 0.5) is 10.5 Å². The molecule has 2 aliphatic carbocycles. The molecule has 0 spiro atoms. The number of benzene rings is 1. The minimum Gasteiger partial charge on any atom is -0.307 e. The number of nitrogens with zero attached hydrogens (tertiary/aromatic N) is 1. The van der Waals surface area contributed by atoms with Gasteiger partial charge in [0.05, 0.1) is 5.25 Å². The normalized spacial score (nSPS) is 21.3. The minimum absolute atomic E-state index is 0. The van der Waals surface area contributed by atoms with Crippen LogP contribution in [0.1, 0.15) is 55.4 Å². The number of carbonyl (C=O) groups excluding carboxylic acids is 1. The topological polar surface area (TPSA) is 78.5 Å². The maximum atomic E-state index is 12.7. The van der Waals surface area contributed by atoms with E-state index in [2.05, 4.69) is 34.9 Å². The monoisotopic (exact) mass is 430 g/mol. The van der Waals surface area contributed by atoms with Gasteiger partial charge in [-0.2, -0.15) is 0 Å². The van der Waals surface area contributed by atoms with Crippen LogP contribution in [0.2, 0.25) is 0 Å². The van der Waals surface area contributed by atoms with Gasteiger partial charge in [0.2, 0.25) is 10.0 Å². The number of hydrogen-bond donors (Lipinski definition) is 2. The number of anilines is 1. The Hall–Kier alpha value is 0.0364. The van der Waals surface area contributed by atoms with Crippen molar-refractivity contribution >= 4 is 73.1 Å². The molecule has 0 bridgehead atoms. The van der Waals surface area contributed by atoms with E-state index in [1.54, 1.807) is 0 Å². The zero-order valence-corrected chi connectivity index (χ0v) is 21.1. The first-order valence-electron chi connectivity index (χ1n) is 10.1. The van der Waals surface area contributed by atoms with E-state index in [1.165, 1.54) is 22.3 Å². The third-order valence-corrected chi connectivity index (χ3v) is 8.02. The molecule has 4 rings (SSSR count). The number of sulfonamides is 1. The van der Waals surface area contributed by atoms with Gasteiger partial charge in [0.1, 0.15) is 0 Å². The van der Waals surface area contributed by atoms with Crippen molar-refractivity contribution in [1.82, 2.24) is 9.62 Å². The van der Waals surface area contributed by atoms with E-state index < -0.39 is 21.3 Å². The van der Waals surface area contributed by atoms with E-state index in [0.29, 0.717) is 19.0 Å². The van der Waals surface area contributed by atoms with Gasteiger partial charge in [-0.05, 0) is 87.6 Å². The van der Waals surface area contributed by atoms with E-state index in [9.17, 15) is 13.2 Å². The first-order chi connectivity index (χ1) is 12.8. The standard InChI is InChI=1S/C20H29N3O3S.K/c1-13(2)23-10-9-16(12-23)27(25,26)22-20(24)21-19-17-7-3-5-14(17)11-15-6-4-8-18(15)19;/h11,13,16H,3-10,12H2,1-2H3,(H2,21,22,24);. The van der Waals surface area contributed by atoms with E-state index >= 15 is 0 Å². The Balaban J connectivity index is 0.00000225. The quantitative estimate of drug-likeness (QED) is 0.718. The Morgan fingerprint density at radius 3 is 2.25 bits per heavy atom. The second-order valence-electron chi connectivity index (χ2n) is 8.33. The molecule has 1 aliphatic heterocycles. The van der Waals surface area contributed by atoms with E-state index in [4.69, 9.17) is 0 Å². The fourth-order valence-electron chi connectivity index (χ4n) is 4.79. The van der Waals surface area contributed by atoms with Crippen molar-refractivity contribution in [3.05, 3.63) is 28.3 Å². The zero-order chi connectivity index (χ0) is 19.2. The minimum atomic E-state index is -3.68. The van der Waals surface area contributed by atoms with Gasteiger partial charge in [-0.1, -0.05) is 6.07 Å². The van der Waals surface area contributed by atoms with Gasteiger partial charge < -0.3 is 5.32 Å². The molecule has 1 heterocycles. The van der Waals surface area contributed by atoms with E-state index in [1.807, 2.05) is 0 Å². The van der Waals surface area contributed by atoms with Crippen LogP contribution in [0.25, 0.3) is 0 Å². The molecule has 28 heavy (non-hydrogen) atoms. The van der Waals surface area contributed by atoms with Crippen LogP contribution >= 0.6 is 0 Å². The van der Waals surface area contributed by atoms with Gasteiger partial charge >= 0.3 is 6.03 Å². The molecule has 6 nitrogen and oxygen atoms in total. The summed E-state index contributed by atoms with van der Waals surface area (Å²) in [5, 5.41) is 2.38. The SMILES string of the molecule is CC(C)N1CCC(S(=O)(=O)NC(=O)Nc2c3c(cc4c2CCC4)CCC3)C1.[K].